The highest BCUT2D eigenvalue weighted by molar-refractivity contribution is 9.10. The molecule has 2 heterocycles. The number of hydrogen-bond donors (Lipinski definition) is 1. The topological polar surface area (TPSA) is 58.9 Å². The SMILES string of the molecule is OC(c1ccc(Br)cn1)c1ncccn1. The molecule has 0 aliphatic rings. The Morgan fingerprint density at radius 3 is 2.47 bits per heavy atom. The molecule has 15 heavy (non-hydrogen) atoms. The number of hydrogen-bond acceptors (Lipinski definition) is 4. The molecule has 1 N–H and O–H groups in total. The van der Waals surface area contributed by atoms with Gasteiger partial charge in [0.25, 0.3) is 0 Å². The van der Waals surface area contributed by atoms with E-state index in [0.29, 0.717) is 11.5 Å². The highest BCUT2D eigenvalue weighted by Gasteiger charge is 2.13. The van der Waals surface area contributed by atoms with E-state index < -0.39 is 6.10 Å². The second kappa shape index (κ2) is 4.46. The predicted octanol–water partition coefficient (Wildman–Crippen LogP) is 1.72. The van der Waals surface area contributed by atoms with Crippen LogP contribution < -0.4 is 0 Å². The van der Waals surface area contributed by atoms with Crippen LogP contribution in [0.3, 0.4) is 0 Å². The van der Waals surface area contributed by atoms with Crippen LogP contribution in [0.25, 0.3) is 0 Å². The molecular weight excluding hydrogens is 258 g/mol. The first-order chi connectivity index (χ1) is 7.27. The van der Waals surface area contributed by atoms with Gasteiger partial charge in [-0.15, -0.1) is 0 Å². The van der Waals surface area contributed by atoms with Crippen LogP contribution in [0.15, 0.2) is 41.3 Å². The van der Waals surface area contributed by atoms with Crippen molar-refractivity contribution < 1.29 is 5.11 Å². The minimum Gasteiger partial charge on any atom is -0.379 e. The fraction of sp³-hybridized carbons (Fsp3) is 0.100. The van der Waals surface area contributed by atoms with Crippen LogP contribution >= 0.6 is 15.9 Å². The third-order valence-electron chi connectivity index (χ3n) is 1.86. The molecule has 0 aromatic carbocycles. The fourth-order valence-corrected chi connectivity index (χ4v) is 1.37. The lowest BCUT2D eigenvalue weighted by molar-refractivity contribution is 0.205. The molecule has 0 fully saturated rings. The van der Waals surface area contributed by atoms with Crippen molar-refractivity contribution in [3.05, 3.63) is 52.8 Å². The lowest BCUT2D eigenvalue weighted by Gasteiger charge is -2.07. The lowest BCUT2D eigenvalue weighted by Crippen LogP contribution is -2.06. The third-order valence-corrected chi connectivity index (χ3v) is 2.33. The number of aromatic nitrogens is 3. The van der Waals surface area contributed by atoms with E-state index in [9.17, 15) is 5.11 Å². The summed E-state index contributed by atoms with van der Waals surface area (Å²) in [5, 5.41) is 9.88. The molecule has 0 saturated carbocycles. The molecule has 0 spiro atoms. The average molecular weight is 266 g/mol. The third kappa shape index (κ3) is 2.37. The van der Waals surface area contributed by atoms with Crippen LogP contribution in [-0.4, -0.2) is 20.1 Å². The Morgan fingerprint density at radius 1 is 1.13 bits per heavy atom. The van der Waals surface area contributed by atoms with Gasteiger partial charge >= 0.3 is 0 Å². The van der Waals surface area contributed by atoms with E-state index >= 15 is 0 Å². The summed E-state index contributed by atoms with van der Waals surface area (Å²) in [5.41, 5.74) is 0.532. The molecule has 0 bridgehead atoms. The van der Waals surface area contributed by atoms with Gasteiger partial charge in [0.15, 0.2) is 11.9 Å². The van der Waals surface area contributed by atoms with Gasteiger partial charge in [0.05, 0.1) is 5.69 Å². The van der Waals surface area contributed by atoms with Crippen molar-refractivity contribution in [2.75, 3.05) is 0 Å². The molecule has 0 radical (unpaired) electrons. The van der Waals surface area contributed by atoms with E-state index in [0.717, 1.165) is 4.47 Å². The van der Waals surface area contributed by atoms with E-state index in [2.05, 4.69) is 30.9 Å². The van der Waals surface area contributed by atoms with Crippen molar-refractivity contribution in [1.82, 2.24) is 15.0 Å². The van der Waals surface area contributed by atoms with Crippen molar-refractivity contribution in [1.29, 1.82) is 0 Å². The Kier molecular flexibility index (Phi) is 3.03. The van der Waals surface area contributed by atoms with Crippen molar-refractivity contribution in [3.8, 4) is 0 Å². The van der Waals surface area contributed by atoms with E-state index in [1.165, 1.54) is 0 Å². The van der Waals surface area contributed by atoms with Gasteiger partial charge in [-0.2, -0.15) is 0 Å². The highest BCUT2D eigenvalue weighted by Crippen LogP contribution is 2.17. The van der Waals surface area contributed by atoms with Crippen molar-refractivity contribution in [2.24, 2.45) is 0 Å². The second-order valence-electron chi connectivity index (χ2n) is 2.91. The Balaban J connectivity index is 2.29. The maximum absolute atomic E-state index is 9.88. The molecule has 0 saturated heterocycles. The molecule has 0 aliphatic carbocycles. The summed E-state index contributed by atoms with van der Waals surface area (Å²) in [7, 11) is 0. The van der Waals surface area contributed by atoms with Crippen LogP contribution in [0, 0.1) is 0 Å². The lowest BCUT2D eigenvalue weighted by atomic mass is 10.2. The number of halogens is 1. The first-order valence-corrected chi connectivity index (χ1v) is 5.13. The zero-order chi connectivity index (χ0) is 10.7. The average Bonchev–Trinajstić information content (AvgIpc) is 2.30. The number of pyridine rings is 1. The molecule has 4 nitrogen and oxygen atoms in total. The Bertz CT molecular complexity index is 432. The molecule has 5 heteroatoms. The summed E-state index contributed by atoms with van der Waals surface area (Å²) >= 11 is 3.28. The van der Waals surface area contributed by atoms with Gasteiger partial charge in [-0.05, 0) is 34.1 Å². The Labute approximate surface area is 95.2 Å². The Hall–Kier alpha value is -1.33. The van der Waals surface area contributed by atoms with Gasteiger partial charge in [-0.3, -0.25) is 4.98 Å². The molecule has 76 valence electrons. The monoisotopic (exact) mass is 265 g/mol. The van der Waals surface area contributed by atoms with Crippen LogP contribution in [0.5, 0.6) is 0 Å². The van der Waals surface area contributed by atoms with E-state index in [1.807, 2.05) is 6.07 Å². The minimum absolute atomic E-state index is 0.354. The minimum atomic E-state index is -0.876. The van der Waals surface area contributed by atoms with Crippen LogP contribution in [0.4, 0.5) is 0 Å². The van der Waals surface area contributed by atoms with E-state index in [4.69, 9.17) is 0 Å². The quantitative estimate of drug-likeness (QED) is 0.899. The van der Waals surface area contributed by atoms with Gasteiger partial charge in [0, 0.05) is 23.1 Å². The van der Waals surface area contributed by atoms with Crippen molar-refractivity contribution in [2.45, 2.75) is 6.10 Å². The second-order valence-corrected chi connectivity index (χ2v) is 3.83. The Morgan fingerprint density at radius 2 is 1.87 bits per heavy atom. The van der Waals surface area contributed by atoms with Crippen LogP contribution in [0.1, 0.15) is 17.6 Å². The molecule has 2 aromatic rings. The predicted molar refractivity (Wildman–Crippen MR) is 58.0 cm³/mol. The van der Waals surface area contributed by atoms with Gasteiger partial charge < -0.3 is 5.11 Å². The standard InChI is InChI=1S/C10H8BrN3O/c11-7-2-3-8(14-6-7)9(15)10-12-4-1-5-13-10/h1-6,9,15H. The summed E-state index contributed by atoms with van der Waals surface area (Å²) in [6, 6.07) is 5.24. The molecule has 2 rings (SSSR count). The summed E-state index contributed by atoms with van der Waals surface area (Å²) in [6.07, 6.45) is 3.93. The van der Waals surface area contributed by atoms with Gasteiger partial charge in [-0.1, -0.05) is 0 Å². The first-order valence-electron chi connectivity index (χ1n) is 4.34. The van der Waals surface area contributed by atoms with E-state index in [1.54, 1.807) is 30.7 Å². The normalized spacial score (nSPS) is 12.4. The maximum Gasteiger partial charge on any atom is 0.163 e. The number of rotatable bonds is 2. The maximum atomic E-state index is 9.88. The summed E-state index contributed by atoms with van der Waals surface area (Å²) < 4.78 is 0.868. The summed E-state index contributed by atoms with van der Waals surface area (Å²) in [6.45, 7) is 0. The van der Waals surface area contributed by atoms with Crippen LogP contribution in [-0.2, 0) is 0 Å². The summed E-state index contributed by atoms with van der Waals surface area (Å²) in [4.78, 5) is 12.0. The number of aliphatic hydroxyl groups is 1. The zero-order valence-electron chi connectivity index (χ0n) is 7.71. The van der Waals surface area contributed by atoms with Crippen LogP contribution in [0.2, 0.25) is 0 Å². The van der Waals surface area contributed by atoms with Crippen molar-refractivity contribution in [3.63, 3.8) is 0 Å². The fourth-order valence-electron chi connectivity index (χ4n) is 1.13. The molecule has 1 atom stereocenters. The zero-order valence-corrected chi connectivity index (χ0v) is 9.29. The summed E-state index contributed by atoms with van der Waals surface area (Å²) in [5.74, 6) is 0.354. The highest BCUT2D eigenvalue weighted by atomic mass is 79.9. The first kappa shape index (κ1) is 10.2. The van der Waals surface area contributed by atoms with Gasteiger partial charge in [0.1, 0.15) is 0 Å². The van der Waals surface area contributed by atoms with Crippen molar-refractivity contribution >= 4 is 15.9 Å². The number of aliphatic hydroxyl groups excluding tert-OH is 1. The molecule has 1 unspecified atom stereocenters. The molecule has 0 aliphatic heterocycles. The molecule has 2 aromatic heterocycles. The molecule has 0 amide bonds. The van der Waals surface area contributed by atoms with Gasteiger partial charge in [-0.25, -0.2) is 9.97 Å². The number of nitrogens with zero attached hydrogens (tertiary/aromatic N) is 3. The smallest absolute Gasteiger partial charge is 0.163 e. The van der Waals surface area contributed by atoms with Gasteiger partial charge in [0.2, 0.25) is 0 Å². The molecular formula is C10H8BrN3O. The largest absolute Gasteiger partial charge is 0.379 e. The van der Waals surface area contributed by atoms with E-state index in [-0.39, 0.29) is 0 Å².